The average Bonchev–Trinajstić information content (AvgIpc) is 2.71. The van der Waals surface area contributed by atoms with Crippen LogP contribution >= 0.6 is 11.3 Å². The van der Waals surface area contributed by atoms with E-state index < -0.39 is 0 Å². The van der Waals surface area contributed by atoms with E-state index in [1.807, 2.05) is 5.38 Å². The summed E-state index contributed by atoms with van der Waals surface area (Å²) in [4.78, 5) is 13.3. The van der Waals surface area contributed by atoms with Gasteiger partial charge in [-0.25, -0.2) is 0 Å². The van der Waals surface area contributed by atoms with Crippen LogP contribution in [0.15, 0.2) is 16.8 Å². The van der Waals surface area contributed by atoms with E-state index in [1.165, 1.54) is 5.56 Å². The van der Waals surface area contributed by atoms with Gasteiger partial charge in [0.2, 0.25) is 5.91 Å². The minimum atomic E-state index is 0.101. The molecule has 13 heavy (non-hydrogen) atoms. The highest BCUT2D eigenvalue weighted by Crippen LogP contribution is 2.23. The molecule has 0 saturated carbocycles. The Hall–Kier alpha value is -0.870. The van der Waals surface area contributed by atoms with E-state index in [2.05, 4.69) is 28.6 Å². The lowest BCUT2D eigenvalue weighted by atomic mass is 10.2. The Morgan fingerprint density at radius 3 is 3.23 bits per heavy atom. The Bertz CT molecular complexity index is 297. The second-order valence-corrected chi connectivity index (χ2v) is 3.87. The largest absolute Gasteiger partial charge is 0.335 e. The summed E-state index contributed by atoms with van der Waals surface area (Å²) in [5.41, 5.74) is 1.19. The van der Waals surface area contributed by atoms with Crippen molar-refractivity contribution in [1.29, 1.82) is 0 Å². The van der Waals surface area contributed by atoms with Gasteiger partial charge in [-0.05, 0) is 28.9 Å². The van der Waals surface area contributed by atoms with Crippen LogP contribution in [0.1, 0.15) is 18.7 Å². The average molecular weight is 196 g/mol. The summed E-state index contributed by atoms with van der Waals surface area (Å²) >= 11 is 1.66. The van der Waals surface area contributed by atoms with E-state index in [4.69, 9.17) is 0 Å². The van der Waals surface area contributed by atoms with Crippen LogP contribution in [0.25, 0.3) is 0 Å². The van der Waals surface area contributed by atoms with Gasteiger partial charge in [0, 0.05) is 0 Å². The number of hydrogen-bond donors (Lipinski definition) is 1. The first-order chi connectivity index (χ1) is 6.31. The SMILES string of the molecule is CCN1CC(=O)NC1c1ccsc1. The van der Waals surface area contributed by atoms with Gasteiger partial charge in [0.15, 0.2) is 0 Å². The number of carbonyl (C=O) groups excluding carboxylic acids is 1. The summed E-state index contributed by atoms with van der Waals surface area (Å²) in [5.74, 6) is 0.123. The molecule has 0 aromatic carbocycles. The van der Waals surface area contributed by atoms with Crippen LogP contribution in [-0.4, -0.2) is 23.9 Å². The number of nitrogens with one attached hydrogen (secondary N) is 1. The molecule has 1 aromatic heterocycles. The summed E-state index contributed by atoms with van der Waals surface area (Å²) < 4.78 is 0. The molecule has 1 unspecified atom stereocenters. The molecular weight excluding hydrogens is 184 g/mol. The monoisotopic (exact) mass is 196 g/mol. The molecule has 4 heteroatoms. The van der Waals surface area contributed by atoms with E-state index in [0.29, 0.717) is 6.54 Å². The molecule has 2 rings (SSSR count). The molecule has 70 valence electrons. The summed E-state index contributed by atoms with van der Waals surface area (Å²) in [5, 5.41) is 7.07. The third kappa shape index (κ3) is 1.59. The van der Waals surface area contributed by atoms with Gasteiger partial charge in [0.25, 0.3) is 0 Å². The van der Waals surface area contributed by atoms with Crippen molar-refractivity contribution in [3.05, 3.63) is 22.4 Å². The maximum absolute atomic E-state index is 11.2. The minimum Gasteiger partial charge on any atom is -0.335 e. The molecule has 1 atom stereocenters. The van der Waals surface area contributed by atoms with Crippen LogP contribution in [-0.2, 0) is 4.79 Å². The van der Waals surface area contributed by atoms with Gasteiger partial charge in [0.1, 0.15) is 6.17 Å². The Kier molecular flexibility index (Phi) is 2.33. The van der Waals surface area contributed by atoms with Gasteiger partial charge in [0.05, 0.1) is 6.54 Å². The smallest absolute Gasteiger partial charge is 0.235 e. The van der Waals surface area contributed by atoms with Crippen molar-refractivity contribution in [3.8, 4) is 0 Å². The van der Waals surface area contributed by atoms with Gasteiger partial charge in [-0.3, -0.25) is 9.69 Å². The Morgan fingerprint density at radius 1 is 1.77 bits per heavy atom. The first-order valence-corrected chi connectivity index (χ1v) is 5.31. The van der Waals surface area contributed by atoms with Gasteiger partial charge in [-0.15, -0.1) is 0 Å². The van der Waals surface area contributed by atoms with E-state index in [0.717, 1.165) is 6.54 Å². The molecule has 0 radical (unpaired) electrons. The highest BCUT2D eigenvalue weighted by atomic mass is 32.1. The number of likely N-dealkylation sites (N-methyl/N-ethyl adjacent to an activating group) is 1. The number of amides is 1. The van der Waals surface area contributed by atoms with Crippen LogP contribution in [0, 0.1) is 0 Å². The van der Waals surface area contributed by atoms with Crippen molar-refractivity contribution in [3.63, 3.8) is 0 Å². The third-order valence-corrected chi connectivity index (χ3v) is 2.98. The summed E-state index contributed by atoms with van der Waals surface area (Å²) in [6.45, 7) is 3.50. The van der Waals surface area contributed by atoms with E-state index >= 15 is 0 Å². The molecule has 1 fully saturated rings. The van der Waals surface area contributed by atoms with Crippen molar-refractivity contribution in [2.24, 2.45) is 0 Å². The molecule has 0 aliphatic carbocycles. The van der Waals surface area contributed by atoms with Crippen molar-refractivity contribution >= 4 is 17.2 Å². The van der Waals surface area contributed by atoms with Crippen LogP contribution in [0.2, 0.25) is 0 Å². The van der Waals surface area contributed by atoms with Crippen molar-refractivity contribution < 1.29 is 4.79 Å². The Labute approximate surface area is 81.4 Å². The fourth-order valence-corrected chi connectivity index (χ4v) is 2.26. The number of thiophene rings is 1. The Balaban J connectivity index is 2.19. The van der Waals surface area contributed by atoms with Gasteiger partial charge in [-0.2, -0.15) is 11.3 Å². The van der Waals surface area contributed by atoms with Crippen LogP contribution < -0.4 is 5.32 Å². The summed E-state index contributed by atoms with van der Waals surface area (Å²) in [6.07, 6.45) is 0.101. The van der Waals surface area contributed by atoms with E-state index in [1.54, 1.807) is 11.3 Å². The first-order valence-electron chi connectivity index (χ1n) is 4.36. The summed E-state index contributed by atoms with van der Waals surface area (Å²) in [6, 6.07) is 2.06. The fourth-order valence-electron chi connectivity index (χ4n) is 1.58. The predicted octanol–water partition coefficient (Wildman–Crippen LogP) is 1.20. The predicted molar refractivity (Wildman–Crippen MR) is 52.4 cm³/mol. The molecule has 0 bridgehead atoms. The fraction of sp³-hybridized carbons (Fsp3) is 0.444. The van der Waals surface area contributed by atoms with Crippen LogP contribution in [0.4, 0.5) is 0 Å². The number of carbonyl (C=O) groups is 1. The first kappa shape index (κ1) is 8.72. The lowest BCUT2D eigenvalue weighted by Crippen LogP contribution is -2.26. The van der Waals surface area contributed by atoms with Crippen LogP contribution in [0.3, 0.4) is 0 Å². The quantitative estimate of drug-likeness (QED) is 0.771. The summed E-state index contributed by atoms with van der Waals surface area (Å²) in [7, 11) is 0. The van der Waals surface area contributed by atoms with Gasteiger partial charge < -0.3 is 5.32 Å². The highest BCUT2D eigenvalue weighted by Gasteiger charge is 2.29. The van der Waals surface area contributed by atoms with Crippen molar-refractivity contribution in [2.75, 3.05) is 13.1 Å². The third-order valence-electron chi connectivity index (χ3n) is 2.27. The molecule has 2 heterocycles. The zero-order valence-electron chi connectivity index (χ0n) is 7.49. The maximum atomic E-state index is 11.2. The standard InChI is InChI=1S/C9H12N2OS/c1-2-11-5-8(12)10-9(11)7-3-4-13-6-7/h3-4,6,9H,2,5H2,1H3,(H,10,12). The molecule has 1 saturated heterocycles. The molecule has 1 amide bonds. The van der Waals surface area contributed by atoms with E-state index in [-0.39, 0.29) is 12.1 Å². The van der Waals surface area contributed by atoms with Gasteiger partial charge in [-0.1, -0.05) is 6.92 Å². The second-order valence-electron chi connectivity index (χ2n) is 3.09. The van der Waals surface area contributed by atoms with Gasteiger partial charge >= 0.3 is 0 Å². The Morgan fingerprint density at radius 2 is 2.62 bits per heavy atom. The number of rotatable bonds is 2. The number of hydrogen-bond acceptors (Lipinski definition) is 3. The topological polar surface area (TPSA) is 32.3 Å². The number of nitrogens with zero attached hydrogens (tertiary/aromatic N) is 1. The normalized spacial score (nSPS) is 23.5. The molecule has 3 nitrogen and oxygen atoms in total. The highest BCUT2D eigenvalue weighted by molar-refractivity contribution is 7.07. The lowest BCUT2D eigenvalue weighted by molar-refractivity contribution is -0.118. The molecule has 1 N–H and O–H groups in total. The zero-order chi connectivity index (χ0) is 9.26. The molecule has 1 aromatic rings. The molecule has 0 spiro atoms. The molecular formula is C9H12N2OS. The molecule has 1 aliphatic rings. The maximum Gasteiger partial charge on any atom is 0.235 e. The zero-order valence-corrected chi connectivity index (χ0v) is 8.30. The van der Waals surface area contributed by atoms with Crippen LogP contribution in [0.5, 0.6) is 0 Å². The molecule has 1 aliphatic heterocycles. The van der Waals surface area contributed by atoms with Crippen molar-refractivity contribution in [1.82, 2.24) is 10.2 Å². The van der Waals surface area contributed by atoms with Crippen molar-refractivity contribution in [2.45, 2.75) is 13.1 Å². The van der Waals surface area contributed by atoms with E-state index in [9.17, 15) is 4.79 Å². The lowest BCUT2D eigenvalue weighted by Gasteiger charge is -2.19. The minimum absolute atomic E-state index is 0.101. The second kappa shape index (κ2) is 3.47.